The van der Waals surface area contributed by atoms with E-state index < -0.39 is 0 Å². The standard InChI is InChI=1S/C15H20N10O/c1-22-13(9-24-7-3-5-17-24)18-19-15(22)12-4-2-6-23(8-12)14(26)10-25-11-16-20-21-25/h3,5,7,11-12H,2,4,6,8-10H2,1H3/t12-/m1/s1. The summed E-state index contributed by atoms with van der Waals surface area (Å²) in [6, 6.07) is 1.88. The Morgan fingerprint density at radius 2 is 2.23 bits per heavy atom. The molecule has 1 saturated heterocycles. The molecular weight excluding hydrogens is 336 g/mol. The van der Waals surface area contributed by atoms with Crippen LogP contribution in [0.1, 0.15) is 30.4 Å². The zero-order chi connectivity index (χ0) is 17.9. The Bertz CT molecular complexity index is 853. The number of amides is 1. The fraction of sp³-hybridized carbons (Fsp3) is 0.533. The highest BCUT2D eigenvalue weighted by atomic mass is 16.2. The first-order valence-electron chi connectivity index (χ1n) is 8.55. The van der Waals surface area contributed by atoms with Gasteiger partial charge in [-0.1, -0.05) is 0 Å². The van der Waals surface area contributed by atoms with Crippen LogP contribution >= 0.6 is 0 Å². The molecule has 136 valence electrons. The van der Waals surface area contributed by atoms with E-state index in [1.54, 1.807) is 6.20 Å². The Balaban J connectivity index is 1.44. The lowest BCUT2D eigenvalue weighted by Gasteiger charge is -2.32. The van der Waals surface area contributed by atoms with Gasteiger partial charge in [-0.2, -0.15) is 5.10 Å². The lowest BCUT2D eigenvalue weighted by atomic mass is 9.97. The third-order valence-corrected chi connectivity index (χ3v) is 4.69. The number of likely N-dealkylation sites (tertiary alicyclic amines) is 1. The maximum atomic E-state index is 12.5. The highest BCUT2D eigenvalue weighted by Gasteiger charge is 2.28. The SMILES string of the molecule is Cn1c(Cn2cccn2)nnc1[C@@H]1CCCN(C(=O)Cn2cnnn2)C1. The minimum absolute atomic E-state index is 0.0148. The molecule has 1 amide bonds. The summed E-state index contributed by atoms with van der Waals surface area (Å²) in [5.41, 5.74) is 0. The van der Waals surface area contributed by atoms with Crippen LogP contribution in [0.25, 0.3) is 0 Å². The van der Waals surface area contributed by atoms with Gasteiger partial charge in [-0.25, -0.2) is 4.68 Å². The molecule has 1 aliphatic rings. The van der Waals surface area contributed by atoms with E-state index in [4.69, 9.17) is 0 Å². The fourth-order valence-corrected chi connectivity index (χ4v) is 3.31. The number of nitrogens with zero attached hydrogens (tertiary/aromatic N) is 10. The molecule has 11 nitrogen and oxygen atoms in total. The average Bonchev–Trinajstić information content (AvgIpc) is 3.40. The predicted octanol–water partition coefficient (Wildman–Crippen LogP) is -0.547. The van der Waals surface area contributed by atoms with Gasteiger partial charge in [-0.15, -0.1) is 15.3 Å². The third-order valence-electron chi connectivity index (χ3n) is 4.69. The molecule has 4 rings (SSSR count). The summed E-state index contributed by atoms with van der Waals surface area (Å²) in [7, 11) is 1.97. The molecule has 0 N–H and O–H groups in total. The second kappa shape index (κ2) is 7.02. The maximum absolute atomic E-state index is 12.5. The lowest BCUT2D eigenvalue weighted by Crippen LogP contribution is -2.41. The Hall–Kier alpha value is -3.11. The van der Waals surface area contributed by atoms with Gasteiger partial charge >= 0.3 is 0 Å². The molecule has 1 fully saturated rings. The van der Waals surface area contributed by atoms with Crippen molar-refractivity contribution in [2.45, 2.75) is 31.8 Å². The van der Waals surface area contributed by atoms with E-state index in [9.17, 15) is 4.79 Å². The molecule has 0 saturated carbocycles. The second-order valence-corrected chi connectivity index (χ2v) is 6.42. The van der Waals surface area contributed by atoms with E-state index in [-0.39, 0.29) is 18.4 Å². The number of carbonyl (C=O) groups is 1. The molecule has 3 aromatic rings. The molecule has 26 heavy (non-hydrogen) atoms. The highest BCUT2D eigenvalue weighted by molar-refractivity contribution is 5.76. The number of rotatable bonds is 5. The molecular formula is C15H20N10O. The minimum atomic E-state index is 0.0148. The first kappa shape index (κ1) is 16.4. The lowest BCUT2D eigenvalue weighted by molar-refractivity contribution is -0.133. The van der Waals surface area contributed by atoms with E-state index in [0.717, 1.165) is 31.0 Å². The second-order valence-electron chi connectivity index (χ2n) is 6.42. The zero-order valence-electron chi connectivity index (χ0n) is 14.5. The molecule has 0 aliphatic carbocycles. The van der Waals surface area contributed by atoms with Gasteiger partial charge in [0.2, 0.25) is 5.91 Å². The predicted molar refractivity (Wildman–Crippen MR) is 88.7 cm³/mol. The Kier molecular flexibility index (Phi) is 4.42. The van der Waals surface area contributed by atoms with Crippen LogP contribution in [0.3, 0.4) is 0 Å². The number of hydrogen-bond acceptors (Lipinski definition) is 7. The van der Waals surface area contributed by atoms with Crippen molar-refractivity contribution in [2.75, 3.05) is 13.1 Å². The summed E-state index contributed by atoms with van der Waals surface area (Å²) in [5, 5.41) is 23.8. The van der Waals surface area contributed by atoms with Gasteiger partial charge < -0.3 is 9.47 Å². The van der Waals surface area contributed by atoms with Crippen molar-refractivity contribution < 1.29 is 4.79 Å². The van der Waals surface area contributed by atoms with Crippen LogP contribution < -0.4 is 0 Å². The Morgan fingerprint density at radius 3 is 3.00 bits per heavy atom. The van der Waals surface area contributed by atoms with Crippen molar-refractivity contribution >= 4 is 5.91 Å². The Labute approximate surface area is 149 Å². The Morgan fingerprint density at radius 1 is 1.31 bits per heavy atom. The van der Waals surface area contributed by atoms with Crippen LogP contribution in [0.4, 0.5) is 0 Å². The fourth-order valence-electron chi connectivity index (χ4n) is 3.31. The number of tetrazole rings is 1. The third kappa shape index (κ3) is 3.32. The number of piperidine rings is 1. The van der Waals surface area contributed by atoms with Crippen molar-refractivity contribution in [3.05, 3.63) is 36.4 Å². The molecule has 0 bridgehead atoms. The van der Waals surface area contributed by atoms with E-state index >= 15 is 0 Å². The van der Waals surface area contributed by atoms with Crippen molar-refractivity contribution in [3.8, 4) is 0 Å². The quantitative estimate of drug-likeness (QED) is 0.603. The molecule has 0 unspecified atom stereocenters. The molecule has 1 aliphatic heterocycles. The zero-order valence-corrected chi connectivity index (χ0v) is 14.5. The largest absolute Gasteiger partial charge is 0.340 e. The average molecular weight is 356 g/mol. The van der Waals surface area contributed by atoms with Gasteiger partial charge in [-0.3, -0.25) is 9.48 Å². The molecule has 11 heteroatoms. The molecule has 0 radical (unpaired) electrons. The van der Waals surface area contributed by atoms with Gasteiger partial charge in [0, 0.05) is 38.4 Å². The summed E-state index contributed by atoms with van der Waals surface area (Å²) in [6.45, 7) is 2.11. The van der Waals surface area contributed by atoms with Crippen LogP contribution in [0.15, 0.2) is 24.8 Å². The molecule has 4 heterocycles. The van der Waals surface area contributed by atoms with Crippen molar-refractivity contribution in [2.24, 2.45) is 7.05 Å². The first-order chi connectivity index (χ1) is 12.7. The minimum Gasteiger partial charge on any atom is -0.340 e. The topological polar surface area (TPSA) is 112 Å². The number of hydrogen-bond donors (Lipinski definition) is 0. The van der Waals surface area contributed by atoms with Crippen LogP contribution in [-0.4, -0.2) is 68.6 Å². The summed E-state index contributed by atoms with van der Waals surface area (Å²) in [6.07, 6.45) is 7.01. The maximum Gasteiger partial charge on any atom is 0.244 e. The van der Waals surface area contributed by atoms with Gasteiger partial charge in [0.25, 0.3) is 0 Å². The normalized spacial score (nSPS) is 17.6. The summed E-state index contributed by atoms with van der Waals surface area (Å²) >= 11 is 0. The highest BCUT2D eigenvalue weighted by Crippen LogP contribution is 2.26. The van der Waals surface area contributed by atoms with Crippen molar-refractivity contribution in [1.29, 1.82) is 0 Å². The van der Waals surface area contributed by atoms with E-state index in [1.807, 2.05) is 33.5 Å². The van der Waals surface area contributed by atoms with Crippen LogP contribution in [-0.2, 0) is 24.9 Å². The number of aromatic nitrogens is 9. The summed E-state index contributed by atoms with van der Waals surface area (Å²) in [4.78, 5) is 14.4. The smallest absolute Gasteiger partial charge is 0.244 e. The summed E-state index contributed by atoms with van der Waals surface area (Å²) in [5.74, 6) is 1.94. The van der Waals surface area contributed by atoms with Gasteiger partial charge in [0.1, 0.15) is 25.2 Å². The van der Waals surface area contributed by atoms with E-state index in [1.165, 1.54) is 11.0 Å². The van der Waals surface area contributed by atoms with Crippen LogP contribution in [0, 0.1) is 0 Å². The molecule has 1 atom stereocenters. The number of carbonyl (C=O) groups excluding carboxylic acids is 1. The summed E-state index contributed by atoms with van der Waals surface area (Å²) < 4.78 is 5.27. The van der Waals surface area contributed by atoms with Gasteiger partial charge in [0.15, 0.2) is 5.82 Å². The van der Waals surface area contributed by atoms with Crippen LogP contribution in [0.5, 0.6) is 0 Å². The molecule has 0 aromatic carbocycles. The van der Waals surface area contributed by atoms with Crippen LogP contribution in [0.2, 0.25) is 0 Å². The van der Waals surface area contributed by atoms with Gasteiger partial charge in [-0.05, 0) is 29.3 Å². The van der Waals surface area contributed by atoms with E-state index in [0.29, 0.717) is 13.1 Å². The first-order valence-corrected chi connectivity index (χ1v) is 8.55. The van der Waals surface area contributed by atoms with E-state index in [2.05, 4.69) is 30.8 Å². The van der Waals surface area contributed by atoms with Crippen molar-refractivity contribution in [3.63, 3.8) is 0 Å². The van der Waals surface area contributed by atoms with Gasteiger partial charge in [0.05, 0.1) is 0 Å². The molecule has 0 spiro atoms. The monoisotopic (exact) mass is 356 g/mol. The van der Waals surface area contributed by atoms with Crippen molar-refractivity contribution in [1.82, 2.24) is 49.7 Å². The molecule has 3 aromatic heterocycles.